The van der Waals surface area contributed by atoms with Gasteiger partial charge in [0, 0.05) is 23.1 Å². The highest BCUT2D eigenvalue weighted by Gasteiger charge is 2.35. The maximum atomic E-state index is 12.2. The molecule has 0 saturated heterocycles. The molecule has 7 heteroatoms. The lowest BCUT2D eigenvalue weighted by Crippen LogP contribution is -2.21. The van der Waals surface area contributed by atoms with Crippen LogP contribution in [0.25, 0.3) is 11.3 Å². The van der Waals surface area contributed by atoms with Gasteiger partial charge in [-0.25, -0.2) is 0 Å². The van der Waals surface area contributed by atoms with Crippen LogP contribution in [-0.2, 0) is 4.79 Å². The second-order valence-electron chi connectivity index (χ2n) is 6.38. The number of fused-ring (bicyclic) bond motifs is 1. The molecule has 1 atom stereocenters. The van der Waals surface area contributed by atoms with Crippen molar-refractivity contribution in [1.82, 2.24) is 10.2 Å². The highest BCUT2D eigenvalue weighted by atomic mass is 16.5. The van der Waals surface area contributed by atoms with Gasteiger partial charge in [0.2, 0.25) is 5.88 Å². The van der Waals surface area contributed by atoms with Crippen LogP contribution in [0.1, 0.15) is 23.5 Å². The number of carbonyl (C=O) groups is 1. The number of H-pyrrole nitrogens is 1. The molecule has 2 heterocycles. The Morgan fingerprint density at radius 3 is 2.39 bits per heavy atom. The minimum absolute atomic E-state index is 0.193. The Kier molecular flexibility index (Phi) is 4.65. The van der Waals surface area contributed by atoms with Crippen LogP contribution >= 0.6 is 0 Å². The fourth-order valence-corrected chi connectivity index (χ4v) is 3.50. The maximum Gasteiger partial charge on any atom is 0.313 e. The molecule has 0 aliphatic carbocycles. The number of aromatic nitrogens is 2. The summed E-state index contributed by atoms with van der Waals surface area (Å²) in [4.78, 5) is 12.2. The van der Waals surface area contributed by atoms with Gasteiger partial charge in [0.25, 0.3) is 0 Å². The molecule has 0 bridgehead atoms. The van der Waals surface area contributed by atoms with Crippen LogP contribution in [0.3, 0.4) is 0 Å². The molecule has 1 N–H and O–H groups in total. The third-order valence-electron chi connectivity index (χ3n) is 4.89. The van der Waals surface area contributed by atoms with Crippen LogP contribution in [0, 0.1) is 0 Å². The zero-order valence-electron chi connectivity index (χ0n) is 15.8. The number of rotatable bonds is 5. The molecule has 0 fully saturated rings. The smallest absolute Gasteiger partial charge is 0.313 e. The molecule has 0 radical (unpaired) electrons. The minimum atomic E-state index is -0.330. The standard InChI is InChI=1S/C21H20N2O5/c1-25-13-6-4-12(5-7-13)20-19-16(11-18(24)28-21(19)23-22-20)15-9-8-14(26-2)10-17(15)27-3/h4-10,16H,11H2,1-3H3,(H,22,23)/t16-/m1/s1. The highest BCUT2D eigenvalue weighted by molar-refractivity contribution is 5.81. The van der Waals surface area contributed by atoms with Gasteiger partial charge in [-0.2, -0.15) is 0 Å². The summed E-state index contributed by atoms with van der Waals surface area (Å²) in [6.45, 7) is 0. The van der Waals surface area contributed by atoms with E-state index in [9.17, 15) is 4.79 Å². The summed E-state index contributed by atoms with van der Waals surface area (Å²) in [5, 5.41) is 7.24. The van der Waals surface area contributed by atoms with Crippen LogP contribution in [0.4, 0.5) is 0 Å². The predicted molar refractivity (Wildman–Crippen MR) is 102 cm³/mol. The number of aromatic amines is 1. The summed E-state index contributed by atoms with van der Waals surface area (Å²) < 4.78 is 21.5. The second kappa shape index (κ2) is 7.26. The molecule has 0 amide bonds. The zero-order valence-corrected chi connectivity index (χ0v) is 15.8. The molecule has 4 rings (SSSR count). The zero-order chi connectivity index (χ0) is 19.7. The molecule has 0 saturated carbocycles. The summed E-state index contributed by atoms with van der Waals surface area (Å²) in [5.74, 6) is 1.80. The van der Waals surface area contributed by atoms with Gasteiger partial charge in [-0.3, -0.25) is 9.89 Å². The minimum Gasteiger partial charge on any atom is -0.497 e. The molecular formula is C21H20N2O5. The Balaban J connectivity index is 1.84. The van der Waals surface area contributed by atoms with Crippen LogP contribution < -0.4 is 18.9 Å². The molecule has 0 spiro atoms. The van der Waals surface area contributed by atoms with Crippen molar-refractivity contribution in [3.8, 4) is 34.4 Å². The van der Waals surface area contributed by atoms with Crippen molar-refractivity contribution in [3.63, 3.8) is 0 Å². The number of methoxy groups -OCH3 is 3. The molecule has 1 aliphatic rings. The van der Waals surface area contributed by atoms with Crippen LogP contribution in [0.5, 0.6) is 23.1 Å². The highest BCUT2D eigenvalue weighted by Crippen LogP contribution is 2.46. The number of nitrogens with one attached hydrogen (secondary N) is 1. The largest absolute Gasteiger partial charge is 0.497 e. The molecular weight excluding hydrogens is 360 g/mol. The second-order valence-corrected chi connectivity index (χ2v) is 6.38. The van der Waals surface area contributed by atoms with E-state index in [2.05, 4.69) is 10.2 Å². The fraction of sp³-hybridized carbons (Fsp3) is 0.238. The predicted octanol–water partition coefficient (Wildman–Crippen LogP) is 3.54. The van der Waals surface area contributed by atoms with E-state index in [0.717, 1.165) is 28.1 Å². The Hall–Kier alpha value is -3.48. The van der Waals surface area contributed by atoms with Crippen molar-refractivity contribution in [1.29, 1.82) is 0 Å². The summed E-state index contributed by atoms with van der Waals surface area (Å²) in [6.07, 6.45) is 0.193. The summed E-state index contributed by atoms with van der Waals surface area (Å²) >= 11 is 0. The topological polar surface area (TPSA) is 82.7 Å². The van der Waals surface area contributed by atoms with Gasteiger partial charge >= 0.3 is 5.97 Å². The summed E-state index contributed by atoms with van der Waals surface area (Å²) in [5.41, 5.74) is 3.42. The third kappa shape index (κ3) is 3.05. The van der Waals surface area contributed by atoms with E-state index in [1.165, 1.54) is 0 Å². The van der Waals surface area contributed by atoms with E-state index in [-0.39, 0.29) is 18.3 Å². The van der Waals surface area contributed by atoms with Crippen LogP contribution in [-0.4, -0.2) is 37.5 Å². The first-order valence-corrected chi connectivity index (χ1v) is 8.80. The average Bonchev–Trinajstić information content (AvgIpc) is 3.16. The van der Waals surface area contributed by atoms with Crippen molar-refractivity contribution in [2.24, 2.45) is 0 Å². The number of esters is 1. The molecule has 1 aromatic heterocycles. The lowest BCUT2D eigenvalue weighted by molar-refractivity contribution is -0.135. The lowest BCUT2D eigenvalue weighted by Gasteiger charge is -2.24. The Bertz CT molecular complexity index is 1010. The van der Waals surface area contributed by atoms with Crippen LogP contribution in [0.15, 0.2) is 42.5 Å². The van der Waals surface area contributed by atoms with Gasteiger partial charge in [0.05, 0.1) is 39.0 Å². The van der Waals surface area contributed by atoms with E-state index >= 15 is 0 Å². The molecule has 28 heavy (non-hydrogen) atoms. The third-order valence-corrected chi connectivity index (χ3v) is 4.89. The van der Waals surface area contributed by atoms with E-state index in [1.54, 1.807) is 21.3 Å². The van der Waals surface area contributed by atoms with E-state index in [0.29, 0.717) is 17.4 Å². The van der Waals surface area contributed by atoms with Crippen molar-refractivity contribution >= 4 is 5.97 Å². The number of ether oxygens (including phenoxy) is 4. The van der Waals surface area contributed by atoms with Crippen molar-refractivity contribution in [2.45, 2.75) is 12.3 Å². The SMILES string of the molecule is COc1ccc(-c2[nH]nc3c2[C@@H](c2ccc(OC)cc2OC)CC(=O)O3)cc1. The van der Waals surface area contributed by atoms with E-state index < -0.39 is 0 Å². The first-order chi connectivity index (χ1) is 13.6. The van der Waals surface area contributed by atoms with Gasteiger partial charge < -0.3 is 18.9 Å². The monoisotopic (exact) mass is 380 g/mol. The number of carbonyl (C=O) groups excluding carboxylic acids is 1. The molecule has 0 unspecified atom stereocenters. The summed E-state index contributed by atoms with van der Waals surface area (Å²) in [6, 6.07) is 13.2. The Morgan fingerprint density at radius 2 is 1.71 bits per heavy atom. The van der Waals surface area contributed by atoms with E-state index in [1.807, 2.05) is 42.5 Å². The van der Waals surface area contributed by atoms with Gasteiger partial charge in [-0.05, 0) is 30.3 Å². The quantitative estimate of drug-likeness (QED) is 0.682. The number of hydrogen-bond donors (Lipinski definition) is 1. The van der Waals surface area contributed by atoms with Crippen LogP contribution in [0.2, 0.25) is 0 Å². The molecule has 7 nitrogen and oxygen atoms in total. The molecule has 144 valence electrons. The first-order valence-electron chi connectivity index (χ1n) is 8.80. The van der Waals surface area contributed by atoms with Gasteiger partial charge in [-0.1, -0.05) is 6.07 Å². The van der Waals surface area contributed by atoms with Gasteiger partial charge in [0.1, 0.15) is 17.2 Å². The Labute approximate surface area is 162 Å². The van der Waals surface area contributed by atoms with Crippen molar-refractivity contribution < 1.29 is 23.7 Å². The lowest BCUT2D eigenvalue weighted by atomic mass is 9.85. The molecule has 3 aromatic rings. The summed E-state index contributed by atoms with van der Waals surface area (Å²) in [7, 11) is 4.82. The first kappa shape index (κ1) is 17.9. The number of nitrogens with zero attached hydrogens (tertiary/aromatic N) is 1. The Morgan fingerprint density at radius 1 is 1.00 bits per heavy atom. The van der Waals surface area contributed by atoms with Gasteiger partial charge in [-0.15, -0.1) is 5.10 Å². The van der Waals surface area contributed by atoms with Crippen molar-refractivity contribution in [2.75, 3.05) is 21.3 Å². The molecule has 1 aliphatic heterocycles. The fourth-order valence-electron chi connectivity index (χ4n) is 3.50. The maximum absolute atomic E-state index is 12.2. The number of hydrogen-bond acceptors (Lipinski definition) is 6. The normalized spacial score (nSPS) is 15.5. The number of benzene rings is 2. The average molecular weight is 380 g/mol. The van der Waals surface area contributed by atoms with E-state index in [4.69, 9.17) is 18.9 Å². The van der Waals surface area contributed by atoms with Gasteiger partial charge in [0.15, 0.2) is 0 Å². The van der Waals surface area contributed by atoms with Crippen molar-refractivity contribution in [3.05, 3.63) is 53.6 Å². The molecule has 2 aromatic carbocycles.